The van der Waals surface area contributed by atoms with E-state index in [1.54, 1.807) is 24.4 Å². The highest BCUT2D eigenvalue weighted by Gasteiger charge is 2.19. The maximum atomic E-state index is 11.9. The first kappa shape index (κ1) is 17.5. The van der Waals surface area contributed by atoms with E-state index < -0.39 is 5.97 Å². The van der Waals surface area contributed by atoms with Gasteiger partial charge in [-0.1, -0.05) is 39.1 Å². The third-order valence-electron chi connectivity index (χ3n) is 2.98. The van der Waals surface area contributed by atoms with E-state index in [-0.39, 0.29) is 12.3 Å². The molecule has 0 aliphatic carbocycles. The Labute approximate surface area is 142 Å². The molecule has 2 rings (SSSR count). The van der Waals surface area contributed by atoms with Crippen molar-refractivity contribution in [2.24, 2.45) is 10.3 Å². The van der Waals surface area contributed by atoms with Crippen LogP contribution in [0, 0.1) is 6.92 Å². The second-order valence-corrected chi connectivity index (χ2v) is 5.29. The van der Waals surface area contributed by atoms with Gasteiger partial charge in [0.25, 0.3) is 0 Å². The first-order valence-corrected chi connectivity index (χ1v) is 7.66. The summed E-state index contributed by atoms with van der Waals surface area (Å²) in [6.07, 6.45) is 1.55. The Morgan fingerprint density at radius 3 is 2.79 bits per heavy atom. The van der Waals surface area contributed by atoms with Gasteiger partial charge < -0.3 is 14.4 Å². The van der Waals surface area contributed by atoms with Crippen molar-refractivity contribution in [1.82, 2.24) is 9.59 Å². The number of hydrogen-bond acceptors (Lipinski definition) is 9. The summed E-state index contributed by atoms with van der Waals surface area (Å²) in [6.45, 7) is 1.99. The average molecular weight is 348 g/mol. The molecule has 9 heteroatoms. The minimum absolute atomic E-state index is 0.0608. The third-order valence-corrected chi connectivity index (χ3v) is 3.75. The molecule has 126 valence electrons. The Bertz CT molecular complexity index is 757. The fourth-order valence-electron chi connectivity index (χ4n) is 1.81. The van der Waals surface area contributed by atoms with Crippen LogP contribution in [0.25, 0.3) is 0 Å². The van der Waals surface area contributed by atoms with Crippen molar-refractivity contribution in [3.63, 3.8) is 0 Å². The van der Waals surface area contributed by atoms with Crippen LogP contribution in [-0.4, -0.2) is 41.7 Å². The molecule has 0 unspecified atom stereocenters. The van der Waals surface area contributed by atoms with Gasteiger partial charge in [0.2, 0.25) is 0 Å². The molecule has 1 aromatic heterocycles. The van der Waals surface area contributed by atoms with Gasteiger partial charge in [-0.15, -0.1) is 5.10 Å². The van der Waals surface area contributed by atoms with E-state index in [9.17, 15) is 4.79 Å². The van der Waals surface area contributed by atoms with Crippen LogP contribution < -0.4 is 0 Å². The lowest BCUT2D eigenvalue weighted by atomic mass is 10.0. The summed E-state index contributed by atoms with van der Waals surface area (Å²) in [6, 6.07) is 7.14. The van der Waals surface area contributed by atoms with Crippen LogP contribution in [0.15, 0.2) is 34.6 Å². The van der Waals surface area contributed by atoms with E-state index in [2.05, 4.69) is 19.9 Å². The number of ether oxygens (including phenoxy) is 1. The molecule has 0 bridgehead atoms. The monoisotopic (exact) mass is 348 g/mol. The standard InChI is InChI=1S/C15H16N4O4S/c1-10-13(24-19-17-10)8-16-23-9-11-6-4-5-7-12(11)14(18-22-3)15(20)21-2/h4-8H,9H2,1-3H3/b16-8+,18-14+. The summed E-state index contributed by atoms with van der Waals surface area (Å²) in [5.41, 5.74) is 2.12. The van der Waals surface area contributed by atoms with Gasteiger partial charge in [-0.2, -0.15) is 0 Å². The van der Waals surface area contributed by atoms with E-state index in [1.807, 2.05) is 13.0 Å². The fraction of sp³-hybridized carbons (Fsp3) is 0.267. The first-order chi connectivity index (χ1) is 11.7. The van der Waals surface area contributed by atoms with Crippen LogP contribution >= 0.6 is 11.5 Å². The van der Waals surface area contributed by atoms with Crippen LogP contribution in [0.3, 0.4) is 0 Å². The number of aromatic nitrogens is 2. The number of aryl methyl sites for hydroxylation is 1. The summed E-state index contributed by atoms with van der Waals surface area (Å²) in [5, 5.41) is 11.5. The van der Waals surface area contributed by atoms with E-state index in [4.69, 9.17) is 14.4 Å². The lowest BCUT2D eigenvalue weighted by Crippen LogP contribution is -2.19. The van der Waals surface area contributed by atoms with Gasteiger partial charge in [0.1, 0.15) is 13.7 Å². The molecule has 0 aliphatic rings. The minimum Gasteiger partial charge on any atom is -0.464 e. The molecule has 0 atom stereocenters. The molecule has 0 spiro atoms. The molecule has 0 N–H and O–H groups in total. The summed E-state index contributed by atoms with van der Waals surface area (Å²) in [5.74, 6) is -0.598. The summed E-state index contributed by atoms with van der Waals surface area (Å²) in [7, 11) is 2.64. The number of hydrogen-bond donors (Lipinski definition) is 0. The smallest absolute Gasteiger partial charge is 0.360 e. The van der Waals surface area contributed by atoms with E-state index in [1.165, 1.54) is 25.8 Å². The molecule has 0 saturated carbocycles. The van der Waals surface area contributed by atoms with E-state index in [0.29, 0.717) is 5.56 Å². The Morgan fingerprint density at radius 1 is 1.33 bits per heavy atom. The van der Waals surface area contributed by atoms with Crippen LogP contribution in [-0.2, 0) is 25.8 Å². The van der Waals surface area contributed by atoms with Gasteiger partial charge in [-0.25, -0.2) is 4.79 Å². The Balaban J connectivity index is 2.14. The van der Waals surface area contributed by atoms with Crippen molar-refractivity contribution in [3.8, 4) is 0 Å². The van der Waals surface area contributed by atoms with Crippen LogP contribution in [0.2, 0.25) is 0 Å². The van der Waals surface area contributed by atoms with Gasteiger partial charge in [-0.3, -0.25) is 0 Å². The highest BCUT2D eigenvalue weighted by Crippen LogP contribution is 2.13. The SMILES string of the molecule is CO/N=C(/C(=O)OC)c1ccccc1CO/N=C/c1snnc1C. The van der Waals surface area contributed by atoms with Gasteiger partial charge in [0.15, 0.2) is 5.71 Å². The van der Waals surface area contributed by atoms with Crippen molar-refractivity contribution < 1.29 is 19.2 Å². The maximum Gasteiger partial charge on any atom is 0.360 e. The quantitative estimate of drug-likeness (QED) is 0.431. The Hall–Kier alpha value is -2.81. The maximum absolute atomic E-state index is 11.9. The summed E-state index contributed by atoms with van der Waals surface area (Å²) >= 11 is 1.23. The predicted octanol–water partition coefficient (Wildman–Crippen LogP) is 1.92. The lowest BCUT2D eigenvalue weighted by Gasteiger charge is -2.09. The molecule has 0 radical (unpaired) electrons. The second kappa shape index (κ2) is 8.73. The van der Waals surface area contributed by atoms with Crippen molar-refractivity contribution in [2.45, 2.75) is 13.5 Å². The molecule has 1 aromatic carbocycles. The Kier molecular flexibility index (Phi) is 6.38. The molecule has 2 aromatic rings. The number of carbonyl (C=O) groups is 1. The number of rotatable bonds is 7. The van der Waals surface area contributed by atoms with Gasteiger partial charge >= 0.3 is 5.97 Å². The summed E-state index contributed by atoms with van der Waals surface area (Å²) < 4.78 is 8.54. The summed E-state index contributed by atoms with van der Waals surface area (Å²) in [4.78, 5) is 22.7. The van der Waals surface area contributed by atoms with Crippen LogP contribution in [0.1, 0.15) is 21.7 Å². The highest BCUT2D eigenvalue weighted by atomic mass is 32.1. The van der Waals surface area contributed by atoms with Gasteiger partial charge in [0.05, 0.1) is 23.9 Å². The zero-order chi connectivity index (χ0) is 17.4. The predicted molar refractivity (Wildman–Crippen MR) is 89.0 cm³/mol. The fourth-order valence-corrected chi connectivity index (χ4v) is 2.33. The topological polar surface area (TPSA) is 95.3 Å². The first-order valence-electron chi connectivity index (χ1n) is 6.89. The zero-order valence-corrected chi connectivity index (χ0v) is 14.2. The number of benzene rings is 1. The number of carbonyl (C=O) groups excluding carboxylic acids is 1. The van der Waals surface area contributed by atoms with E-state index >= 15 is 0 Å². The van der Waals surface area contributed by atoms with Crippen molar-refractivity contribution in [3.05, 3.63) is 46.0 Å². The number of methoxy groups -OCH3 is 1. The van der Waals surface area contributed by atoms with Gasteiger partial charge in [-0.05, 0) is 18.5 Å². The minimum atomic E-state index is -0.598. The number of oxime groups is 2. The number of esters is 1. The number of nitrogens with zero attached hydrogens (tertiary/aromatic N) is 4. The second-order valence-electron chi connectivity index (χ2n) is 4.50. The van der Waals surface area contributed by atoms with Crippen molar-refractivity contribution in [2.75, 3.05) is 14.2 Å². The van der Waals surface area contributed by atoms with Crippen LogP contribution in [0.5, 0.6) is 0 Å². The molecule has 24 heavy (non-hydrogen) atoms. The molecule has 0 saturated heterocycles. The van der Waals surface area contributed by atoms with Crippen molar-refractivity contribution in [1.29, 1.82) is 0 Å². The molecule has 0 aliphatic heterocycles. The average Bonchev–Trinajstić information content (AvgIpc) is 3.01. The lowest BCUT2D eigenvalue weighted by molar-refractivity contribution is -0.132. The highest BCUT2D eigenvalue weighted by molar-refractivity contribution is 7.07. The van der Waals surface area contributed by atoms with E-state index in [0.717, 1.165) is 16.1 Å². The normalized spacial score (nSPS) is 11.5. The largest absolute Gasteiger partial charge is 0.464 e. The molecule has 0 amide bonds. The molecular formula is C15H16N4O4S. The van der Waals surface area contributed by atoms with Crippen LogP contribution in [0.4, 0.5) is 0 Å². The molecule has 1 heterocycles. The third kappa shape index (κ3) is 4.35. The zero-order valence-electron chi connectivity index (χ0n) is 13.4. The molecule has 8 nitrogen and oxygen atoms in total. The van der Waals surface area contributed by atoms with Crippen molar-refractivity contribution >= 4 is 29.4 Å². The molecular weight excluding hydrogens is 332 g/mol. The van der Waals surface area contributed by atoms with Gasteiger partial charge in [0, 0.05) is 11.1 Å². The molecule has 0 fully saturated rings. The Morgan fingerprint density at radius 2 is 2.12 bits per heavy atom.